The van der Waals surface area contributed by atoms with Crippen molar-refractivity contribution in [2.75, 3.05) is 18.5 Å². The molecule has 2 nitrogen and oxygen atoms in total. The second-order valence-electron chi connectivity index (χ2n) is 4.63. The lowest BCUT2D eigenvalue weighted by atomic mass is 10.1. The van der Waals surface area contributed by atoms with Crippen molar-refractivity contribution in [3.8, 4) is 0 Å². The fourth-order valence-corrected chi connectivity index (χ4v) is 2.29. The van der Waals surface area contributed by atoms with E-state index in [1.54, 1.807) is 0 Å². The van der Waals surface area contributed by atoms with E-state index < -0.39 is 0 Å². The fourth-order valence-electron chi connectivity index (χ4n) is 2.13. The van der Waals surface area contributed by atoms with Crippen molar-refractivity contribution in [1.82, 2.24) is 0 Å². The summed E-state index contributed by atoms with van der Waals surface area (Å²) in [5.74, 6) is 0. The summed E-state index contributed by atoms with van der Waals surface area (Å²) in [4.78, 5) is 2.21. The number of halogens is 1. The van der Waals surface area contributed by atoms with E-state index in [0.29, 0.717) is 6.54 Å². The zero-order valence-corrected chi connectivity index (χ0v) is 11.9. The summed E-state index contributed by atoms with van der Waals surface area (Å²) in [6.07, 6.45) is 1.01. The summed E-state index contributed by atoms with van der Waals surface area (Å²) in [6, 6.07) is 16.3. The molecule has 0 fully saturated rings. The minimum Gasteiger partial charge on any atom is -0.374 e. The summed E-state index contributed by atoms with van der Waals surface area (Å²) in [5.41, 5.74) is 9.36. The van der Waals surface area contributed by atoms with Gasteiger partial charge in [0, 0.05) is 30.8 Å². The van der Waals surface area contributed by atoms with Gasteiger partial charge in [0.2, 0.25) is 0 Å². The lowest BCUT2D eigenvalue weighted by Gasteiger charge is -2.22. The number of likely N-dealkylation sites (N-methyl/N-ethyl adjacent to an activating group) is 1. The van der Waals surface area contributed by atoms with Gasteiger partial charge in [0.25, 0.3) is 0 Å². The number of nitrogens with zero attached hydrogens (tertiary/aromatic N) is 1. The Balaban J connectivity index is 2.07. The van der Waals surface area contributed by atoms with Crippen LogP contribution in [0.4, 0.5) is 5.69 Å². The summed E-state index contributed by atoms with van der Waals surface area (Å²) in [5, 5.41) is 0.749. The summed E-state index contributed by atoms with van der Waals surface area (Å²) in [6.45, 7) is 1.47. The van der Waals surface area contributed by atoms with Gasteiger partial charge in [0.15, 0.2) is 0 Å². The lowest BCUT2D eigenvalue weighted by molar-refractivity contribution is 0.866. The van der Waals surface area contributed by atoms with Gasteiger partial charge in [0.05, 0.1) is 0 Å². The number of rotatable bonds is 5. The fraction of sp³-hybridized carbons (Fsp3) is 0.250. The molecule has 0 aromatic heterocycles. The normalized spacial score (nSPS) is 10.5. The molecule has 0 bridgehead atoms. The van der Waals surface area contributed by atoms with Crippen LogP contribution in [-0.2, 0) is 13.0 Å². The van der Waals surface area contributed by atoms with Crippen LogP contribution < -0.4 is 10.6 Å². The molecule has 3 heteroatoms. The summed E-state index contributed by atoms with van der Waals surface area (Å²) in [7, 11) is 2.08. The van der Waals surface area contributed by atoms with Crippen LogP contribution in [0, 0.1) is 0 Å². The van der Waals surface area contributed by atoms with Gasteiger partial charge in [-0.2, -0.15) is 0 Å². The third-order valence-electron chi connectivity index (χ3n) is 3.26. The first-order valence-corrected chi connectivity index (χ1v) is 6.82. The van der Waals surface area contributed by atoms with Gasteiger partial charge in [-0.05, 0) is 29.7 Å². The Labute approximate surface area is 119 Å². The molecular formula is C16H19ClN2. The summed E-state index contributed by atoms with van der Waals surface area (Å²) >= 11 is 6.07. The maximum absolute atomic E-state index is 6.07. The molecule has 0 saturated heterocycles. The van der Waals surface area contributed by atoms with Crippen LogP contribution in [0.15, 0.2) is 48.5 Å². The zero-order valence-electron chi connectivity index (χ0n) is 11.1. The third-order valence-corrected chi connectivity index (χ3v) is 3.49. The van der Waals surface area contributed by atoms with Crippen molar-refractivity contribution in [1.29, 1.82) is 0 Å². The maximum atomic E-state index is 6.07. The van der Waals surface area contributed by atoms with Crippen LogP contribution in [0.5, 0.6) is 0 Å². The van der Waals surface area contributed by atoms with E-state index in [1.165, 1.54) is 5.56 Å². The standard InChI is InChI=1S/C16H19ClN2/c1-19(10-9-13-5-3-2-4-6-13)16-11-15(17)8-7-14(16)12-18/h2-8,11H,9-10,12,18H2,1H3. The molecule has 0 spiro atoms. The Morgan fingerprint density at radius 3 is 2.53 bits per heavy atom. The van der Waals surface area contributed by atoms with Gasteiger partial charge >= 0.3 is 0 Å². The number of benzene rings is 2. The van der Waals surface area contributed by atoms with E-state index in [2.05, 4.69) is 36.2 Å². The van der Waals surface area contributed by atoms with Crippen LogP contribution >= 0.6 is 11.6 Å². The second kappa shape index (κ2) is 6.60. The van der Waals surface area contributed by atoms with Crippen LogP contribution in [0.3, 0.4) is 0 Å². The molecule has 0 heterocycles. The molecule has 2 aromatic rings. The molecule has 2 N–H and O–H groups in total. The largest absolute Gasteiger partial charge is 0.374 e. The minimum absolute atomic E-state index is 0.530. The minimum atomic E-state index is 0.530. The second-order valence-corrected chi connectivity index (χ2v) is 5.07. The quantitative estimate of drug-likeness (QED) is 0.904. The van der Waals surface area contributed by atoms with E-state index >= 15 is 0 Å². The van der Waals surface area contributed by atoms with E-state index in [9.17, 15) is 0 Å². The Morgan fingerprint density at radius 2 is 1.84 bits per heavy atom. The highest BCUT2D eigenvalue weighted by molar-refractivity contribution is 6.30. The van der Waals surface area contributed by atoms with Gasteiger partial charge in [-0.15, -0.1) is 0 Å². The number of hydrogen-bond acceptors (Lipinski definition) is 2. The molecule has 0 amide bonds. The molecule has 0 aliphatic rings. The number of anilines is 1. The van der Waals surface area contributed by atoms with Crippen molar-refractivity contribution in [3.63, 3.8) is 0 Å². The molecule has 100 valence electrons. The van der Waals surface area contributed by atoms with Crippen molar-refractivity contribution in [3.05, 3.63) is 64.7 Å². The first kappa shape index (κ1) is 13.9. The van der Waals surface area contributed by atoms with E-state index in [1.807, 2.05) is 24.3 Å². The van der Waals surface area contributed by atoms with Gasteiger partial charge < -0.3 is 10.6 Å². The highest BCUT2D eigenvalue weighted by Gasteiger charge is 2.07. The predicted molar refractivity (Wildman–Crippen MR) is 82.8 cm³/mol. The topological polar surface area (TPSA) is 29.3 Å². The van der Waals surface area contributed by atoms with Crippen LogP contribution in [-0.4, -0.2) is 13.6 Å². The van der Waals surface area contributed by atoms with Crippen molar-refractivity contribution >= 4 is 17.3 Å². The van der Waals surface area contributed by atoms with Crippen molar-refractivity contribution in [2.45, 2.75) is 13.0 Å². The molecule has 2 aromatic carbocycles. The van der Waals surface area contributed by atoms with Gasteiger partial charge in [0.1, 0.15) is 0 Å². The molecule has 19 heavy (non-hydrogen) atoms. The number of hydrogen-bond donors (Lipinski definition) is 1. The number of nitrogens with two attached hydrogens (primary N) is 1. The highest BCUT2D eigenvalue weighted by Crippen LogP contribution is 2.24. The smallest absolute Gasteiger partial charge is 0.0426 e. The Kier molecular flexibility index (Phi) is 4.83. The monoisotopic (exact) mass is 274 g/mol. The molecule has 0 radical (unpaired) electrons. The highest BCUT2D eigenvalue weighted by atomic mass is 35.5. The molecule has 0 unspecified atom stereocenters. The average molecular weight is 275 g/mol. The van der Waals surface area contributed by atoms with Crippen LogP contribution in [0.2, 0.25) is 5.02 Å². The van der Waals surface area contributed by atoms with Crippen LogP contribution in [0.1, 0.15) is 11.1 Å². The Morgan fingerprint density at radius 1 is 1.11 bits per heavy atom. The first-order valence-electron chi connectivity index (χ1n) is 6.44. The van der Waals surface area contributed by atoms with E-state index in [-0.39, 0.29) is 0 Å². The van der Waals surface area contributed by atoms with E-state index in [0.717, 1.165) is 29.2 Å². The molecule has 0 aliphatic carbocycles. The van der Waals surface area contributed by atoms with Crippen LogP contribution in [0.25, 0.3) is 0 Å². The average Bonchev–Trinajstić information content (AvgIpc) is 2.46. The molecule has 2 rings (SSSR count). The first-order chi connectivity index (χ1) is 9.20. The lowest BCUT2D eigenvalue weighted by Crippen LogP contribution is -2.22. The summed E-state index contributed by atoms with van der Waals surface area (Å²) < 4.78 is 0. The maximum Gasteiger partial charge on any atom is 0.0426 e. The van der Waals surface area contributed by atoms with Crippen molar-refractivity contribution in [2.24, 2.45) is 5.73 Å². The predicted octanol–water partition coefficient (Wildman–Crippen LogP) is 3.48. The Hall–Kier alpha value is -1.51. The molecular weight excluding hydrogens is 256 g/mol. The molecule has 0 atom stereocenters. The van der Waals surface area contributed by atoms with Crippen molar-refractivity contribution < 1.29 is 0 Å². The molecule has 0 saturated carbocycles. The zero-order chi connectivity index (χ0) is 13.7. The van der Waals surface area contributed by atoms with E-state index in [4.69, 9.17) is 17.3 Å². The van der Waals surface area contributed by atoms with Gasteiger partial charge in [-0.25, -0.2) is 0 Å². The Bertz CT molecular complexity index is 526. The third kappa shape index (κ3) is 3.72. The van der Waals surface area contributed by atoms with Gasteiger partial charge in [-0.1, -0.05) is 48.0 Å². The molecule has 0 aliphatic heterocycles. The SMILES string of the molecule is CN(CCc1ccccc1)c1cc(Cl)ccc1CN. The van der Waals surface area contributed by atoms with Gasteiger partial charge in [-0.3, -0.25) is 0 Å².